The topological polar surface area (TPSA) is 29.5 Å². The Morgan fingerprint density at radius 2 is 2.13 bits per heavy atom. The van der Waals surface area contributed by atoms with Crippen molar-refractivity contribution in [3.63, 3.8) is 0 Å². The van der Waals surface area contributed by atoms with Gasteiger partial charge in [0, 0.05) is 22.2 Å². The van der Waals surface area contributed by atoms with E-state index in [9.17, 15) is 4.79 Å². The molecule has 0 saturated carbocycles. The van der Waals surface area contributed by atoms with Gasteiger partial charge in [-0.05, 0) is 36.2 Å². The normalized spacial score (nSPS) is 19.5. The van der Waals surface area contributed by atoms with Crippen LogP contribution in [0.15, 0.2) is 47.4 Å². The molecule has 2 aromatic rings. The molecule has 1 unspecified atom stereocenters. The average molecular weight is 346 g/mol. The molecule has 1 amide bonds. The SMILES string of the molecule is O=C(C1COc2ccccc2C1)N1CCSc2ccc(Cl)cc21. The van der Waals surface area contributed by atoms with Crippen LogP contribution in [0.3, 0.4) is 0 Å². The van der Waals surface area contributed by atoms with Crippen LogP contribution in [0, 0.1) is 5.92 Å². The summed E-state index contributed by atoms with van der Waals surface area (Å²) < 4.78 is 5.78. The van der Waals surface area contributed by atoms with Gasteiger partial charge in [-0.1, -0.05) is 29.8 Å². The monoisotopic (exact) mass is 345 g/mol. The summed E-state index contributed by atoms with van der Waals surface area (Å²) in [6.07, 6.45) is 0.731. The number of nitrogens with zero attached hydrogens (tertiary/aromatic N) is 1. The molecule has 2 heterocycles. The highest BCUT2D eigenvalue weighted by molar-refractivity contribution is 7.99. The van der Waals surface area contributed by atoms with Gasteiger partial charge in [-0.25, -0.2) is 0 Å². The number of ether oxygens (including phenoxy) is 1. The van der Waals surface area contributed by atoms with Crippen LogP contribution in [0.1, 0.15) is 5.56 Å². The maximum Gasteiger partial charge on any atom is 0.233 e. The molecule has 0 radical (unpaired) electrons. The molecular formula is C18H16ClNO2S. The summed E-state index contributed by atoms with van der Waals surface area (Å²) in [5.74, 6) is 1.79. The van der Waals surface area contributed by atoms with E-state index in [1.165, 1.54) is 0 Å². The van der Waals surface area contributed by atoms with Crippen LogP contribution >= 0.6 is 23.4 Å². The van der Waals surface area contributed by atoms with E-state index in [-0.39, 0.29) is 11.8 Å². The third-order valence-electron chi connectivity index (χ3n) is 4.28. The average Bonchev–Trinajstić information content (AvgIpc) is 2.60. The lowest BCUT2D eigenvalue weighted by molar-refractivity contribution is -0.123. The molecule has 0 aromatic heterocycles. The van der Waals surface area contributed by atoms with Gasteiger partial charge in [-0.3, -0.25) is 4.79 Å². The Morgan fingerprint density at radius 3 is 3.04 bits per heavy atom. The number of hydrogen-bond acceptors (Lipinski definition) is 3. The van der Waals surface area contributed by atoms with Gasteiger partial charge in [0.2, 0.25) is 5.91 Å². The highest BCUT2D eigenvalue weighted by Gasteiger charge is 2.32. The minimum Gasteiger partial charge on any atom is -0.492 e. The van der Waals surface area contributed by atoms with Crippen LogP contribution < -0.4 is 9.64 Å². The van der Waals surface area contributed by atoms with E-state index in [1.54, 1.807) is 11.8 Å². The molecule has 118 valence electrons. The molecule has 1 atom stereocenters. The molecule has 3 nitrogen and oxygen atoms in total. The summed E-state index contributed by atoms with van der Waals surface area (Å²) in [6, 6.07) is 13.7. The molecule has 2 aliphatic heterocycles. The van der Waals surface area contributed by atoms with Crippen molar-refractivity contribution >= 4 is 35.0 Å². The van der Waals surface area contributed by atoms with Gasteiger partial charge in [0.05, 0.1) is 11.6 Å². The number of anilines is 1. The Kier molecular flexibility index (Phi) is 3.95. The molecule has 0 saturated heterocycles. The number of halogens is 1. The van der Waals surface area contributed by atoms with E-state index in [0.29, 0.717) is 11.6 Å². The molecule has 0 bridgehead atoms. The number of fused-ring (bicyclic) bond motifs is 2. The van der Waals surface area contributed by atoms with Crippen molar-refractivity contribution in [3.8, 4) is 5.75 Å². The summed E-state index contributed by atoms with van der Waals surface area (Å²) in [7, 11) is 0. The first-order valence-corrected chi connectivity index (χ1v) is 9.03. The van der Waals surface area contributed by atoms with E-state index < -0.39 is 0 Å². The summed E-state index contributed by atoms with van der Waals surface area (Å²) in [6.45, 7) is 1.16. The number of para-hydroxylation sites is 1. The number of benzene rings is 2. The van der Waals surface area contributed by atoms with Crippen LogP contribution in [-0.2, 0) is 11.2 Å². The zero-order valence-electron chi connectivity index (χ0n) is 12.5. The smallest absolute Gasteiger partial charge is 0.233 e. The number of carbonyl (C=O) groups is 1. The Morgan fingerprint density at radius 1 is 1.26 bits per heavy atom. The van der Waals surface area contributed by atoms with Crippen molar-refractivity contribution in [2.75, 3.05) is 23.8 Å². The summed E-state index contributed by atoms with van der Waals surface area (Å²) in [5, 5.41) is 0.661. The summed E-state index contributed by atoms with van der Waals surface area (Å²) in [5.41, 5.74) is 2.03. The van der Waals surface area contributed by atoms with Gasteiger partial charge in [-0.15, -0.1) is 11.8 Å². The maximum atomic E-state index is 13.0. The van der Waals surface area contributed by atoms with Crippen LogP contribution in [0.5, 0.6) is 5.75 Å². The van der Waals surface area contributed by atoms with E-state index in [2.05, 4.69) is 0 Å². The van der Waals surface area contributed by atoms with Crippen molar-refractivity contribution in [2.24, 2.45) is 5.92 Å². The number of rotatable bonds is 1. The standard InChI is InChI=1S/C18H16ClNO2S/c19-14-5-6-17-15(10-14)20(7-8-23-17)18(21)13-9-12-3-1-2-4-16(12)22-11-13/h1-6,10,13H,7-9,11H2. The highest BCUT2D eigenvalue weighted by Crippen LogP contribution is 2.38. The third kappa shape index (κ3) is 2.81. The minimum atomic E-state index is -0.139. The van der Waals surface area contributed by atoms with Crippen LogP contribution in [-0.4, -0.2) is 24.8 Å². The molecule has 0 fully saturated rings. The first-order valence-electron chi connectivity index (χ1n) is 7.67. The van der Waals surface area contributed by atoms with Gasteiger partial charge >= 0.3 is 0 Å². The van der Waals surface area contributed by atoms with Crippen molar-refractivity contribution in [1.29, 1.82) is 0 Å². The Bertz CT molecular complexity index is 764. The Labute approximate surface area is 144 Å². The molecule has 23 heavy (non-hydrogen) atoms. The second-order valence-corrected chi connectivity index (χ2v) is 7.34. The van der Waals surface area contributed by atoms with Gasteiger partial charge in [-0.2, -0.15) is 0 Å². The molecule has 0 N–H and O–H groups in total. The molecule has 0 aliphatic carbocycles. The fraction of sp³-hybridized carbons (Fsp3) is 0.278. The summed E-state index contributed by atoms with van der Waals surface area (Å²) >= 11 is 7.90. The second kappa shape index (κ2) is 6.10. The number of carbonyl (C=O) groups excluding carboxylic acids is 1. The molecular weight excluding hydrogens is 330 g/mol. The van der Waals surface area contributed by atoms with E-state index >= 15 is 0 Å². The number of amides is 1. The predicted molar refractivity (Wildman–Crippen MR) is 93.7 cm³/mol. The van der Waals surface area contributed by atoms with Gasteiger partial charge in [0.1, 0.15) is 12.4 Å². The van der Waals surface area contributed by atoms with E-state index in [1.807, 2.05) is 47.4 Å². The first kappa shape index (κ1) is 14.9. The van der Waals surface area contributed by atoms with Crippen molar-refractivity contribution in [3.05, 3.63) is 53.1 Å². The zero-order chi connectivity index (χ0) is 15.8. The van der Waals surface area contributed by atoms with Gasteiger partial charge in [0.25, 0.3) is 0 Å². The minimum absolute atomic E-state index is 0.128. The van der Waals surface area contributed by atoms with Gasteiger partial charge < -0.3 is 9.64 Å². The van der Waals surface area contributed by atoms with E-state index in [4.69, 9.17) is 16.3 Å². The van der Waals surface area contributed by atoms with Gasteiger partial charge in [0.15, 0.2) is 0 Å². The van der Waals surface area contributed by atoms with Crippen LogP contribution in [0.2, 0.25) is 5.02 Å². The molecule has 0 spiro atoms. The Hall–Kier alpha value is -1.65. The third-order valence-corrected chi connectivity index (χ3v) is 5.56. The van der Waals surface area contributed by atoms with Crippen molar-refractivity contribution < 1.29 is 9.53 Å². The fourth-order valence-corrected chi connectivity index (χ4v) is 4.27. The quantitative estimate of drug-likeness (QED) is 0.781. The largest absolute Gasteiger partial charge is 0.492 e. The molecule has 2 aromatic carbocycles. The summed E-state index contributed by atoms with van der Waals surface area (Å²) in [4.78, 5) is 16.0. The second-order valence-electron chi connectivity index (χ2n) is 5.77. The van der Waals surface area contributed by atoms with Crippen molar-refractivity contribution in [2.45, 2.75) is 11.3 Å². The molecule has 5 heteroatoms. The lowest BCUT2D eigenvalue weighted by Gasteiger charge is -2.33. The Balaban J connectivity index is 1.60. The zero-order valence-corrected chi connectivity index (χ0v) is 14.1. The predicted octanol–water partition coefficient (Wildman–Crippen LogP) is 4.03. The molecule has 2 aliphatic rings. The van der Waals surface area contributed by atoms with Crippen molar-refractivity contribution in [1.82, 2.24) is 0 Å². The molecule has 4 rings (SSSR count). The maximum absolute atomic E-state index is 13.0. The highest BCUT2D eigenvalue weighted by atomic mass is 35.5. The first-order chi connectivity index (χ1) is 11.2. The fourth-order valence-electron chi connectivity index (χ4n) is 3.13. The van der Waals surface area contributed by atoms with Crippen LogP contribution in [0.4, 0.5) is 5.69 Å². The number of thioether (sulfide) groups is 1. The van der Waals surface area contributed by atoms with Crippen LogP contribution in [0.25, 0.3) is 0 Å². The lowest BCUT2D eigenvalue weighted by Crippen LogP contribution is -2.43. The van der Waals surface area contributed by atoms with E-state index in [0.717, 1.165) is 40.6 Å². The number of hydrogen-bond donors (Lipinski definition) is 0. The lowest BCUT2D eigenvalue weighted by atomic mass is 9.95.